The minimum atomic E-state index is 0.00489. The van der Waals surface area contributed by atoms with Crippen molar-refractivity contribution in [1.82, 2.24) is 10.3 Å². The van der Waals surface area contributed by atoms with E-state index in [9.17, 15) is 4.79 Å². The lowest BCUT2D eigenvalue weighted by Crippen LogP contribution is -2.52. The van der Waals surface area contributed by atoms with Crippen LogP contribution in [0.2, 0.25) is 0 Å². The van der Waals surface area contributed by atoms with Gasteiger partial charge in [0.1, 0.15) is 0 Å². The van der Waals surface area contributed by atoms with Crippen LogP contribution in [0.4, 0.5) is 0 Å². The smallest absolute Gasteiger partial charge is 0.251 e. The zero-order valence-electron chi connectivity index (χ0n) is 12.9. The molecule has 2 heterocycles. The van der Waals surface area contributed by atoms with E-state index in [1.54, 1.807) is 18.5 Å². The number of amides is 1. The van der Waals surface area contributed by atoms with Crippen molar-refractivity contribution in [3.63, 3.8) is 0 Å². The number of carbonyl (C=O) groups is 1. The molecule has 1 atom stereocenters. The molecule has 1 aromatic rings. The fourth-order valence-corrected chi connectivity index (χ4v) is 3.59. The zero-order valence-corrected chi connectivity index (χ0v) is 12.9. The average molecular weight is 288 g/mol. The van der Waals surface area contributed by atoms with Gasteiger partial charge in [-0.15, -0.1) is 0 Å². The molecule has 1 spiro atoms. The summed E-state index contributed by atoms with van der Waals surface area (Å²) in [5, 5.41) is 3.11. The molecule has 0 radical (unpaired) electrons. The number of nitrogens with zero attached hydrogens (tertiary/aromatic N) is 1. The quantitative estimate of drug-likeness (QED) is 0.930. The maximum atomic E-state index is 12.3. The second-order valence-electron chi connectivity index (χ2n) is 7.00. The molecule has 3 rings (SSSR count). The number of aryl methyl sites for hydroxylation is 1. The summed E-state index contributed by atoms with van der Waals surface area (Å²) in [4.78, 5) is 16.4. The van der Waals surface area contributed by atoms with E-state index in [1.807, 2.05) is 6.92 Å². The molecule has 0 aromatic carbocycles. The van der Waals surface area contributed by atoms with Crippen LogP contribution in [0.1, 0.15) is 54.9 Å². The first-order valence-corrected chi connectivity index (χ1v) is 7.85. The van der Waals surface area contributed by atoms with Crippen molar-refractivity contribution in [3.8, 4) is 0 Å². The Morgan fingerprint density at radius 1 is 1.43 bits per heavy atom. The number of aromatic nitrogens is 1. The number of nitrogens with one attached hydrogen (secondary N) is 1. The Bertz CT molecular complexity index is 539. The first-order valence-electron chi connectivity index (χ1n) is 7.85. The van der Waals surface area contributed by atoms with Gasteiger partial charge in [-0.2, -0.15) is 0 Å². The number of pyridine rings is 1. The van der Waals surface area contributed by atoms with Gasteiger partial charge in [0.25, 0.3) is 5.91 Å². The van der Waals surface area contributed by atoms with E-state index in [0.29, 0.717) is 0 Å². The highest BCUT2D eigenvalue weighted by Gasteiger charge is 2.47. The maximum Gasteiger partial charge on any atom is 0.251 e. The predicted molar refractivity (Wildman–Crippen MR) is 81.2 cm³/mol. The van der Waals surface area contributed by atoms with Gasteiger partial charge in [-0.05, 0) is 56.1 Å². The lowest BCUT2D eigenvalue weighted by atomic mass is 9.66. The molecule has 1 saturated carbocycles. The van der Waals surface area contributed by atoms with Crippen LogP contribution in [0.3, 0.4) is 0 Å². The predicted octanol–water partition coefficient (Wildman–Crippen LogP) is 2.86. The normalized spacial score (nSPS) is 27.1. The third kappa shape index (κ3) is 2.95. The molecule has 21 heavy (non-hydrogen) atoms. The van der Waals surface area contributed by atoms with Crippen molar-refractivity contribution in [1.29, 1.82) is 0 Å². The third-order valence-electron chi connectivity index (χ3n) is 5.07. The summed E-state index contributed by atoms with van der Waals surface area (Å²) in [5.41, 5.74) is 1.90. The van der Waals surface area contributed by atoms with E-state index in [0.717, 1.165) is 37.1 Å². The summed E-state index contributed by atoms with van der Waals surface area (Å²) < 4.78 is 5.99. The highest BCUT2D eigenvalue weighted by molar-refractivity contribution is 5.95. The van der Waals surface area contributed by atoms with Gasteiger partial charge in [0.15, 0.2) is 0 Å². The zero-order chi connectivity index (χ0) is 14.9. The largest absolute Gasteiger partial charge is 0.375 e. The summed E-state index contributed by atoms with van der Waals surface area (Å²) in [6.45, 7) is 5.73. The van der Waals surface area contributed by atoms with Gasteiger partial charge in [-0.3, -0.25) is 9.78 Å². The maximum absolute atomic E-state index is 12.3. The lowest BCUT2D eigenvalue weighted by Gasteiger charge is -2.51. The second-order valence-corrected chi connectivity index (χ2v) is 7.00. The van der Waals surface area contributed by atoms with Gasteiger partial charge in [-0.25, -0.2) is 0 Å². The highest BCUT2D eigenvalue weighted by Crippen LogP contribution is 2.48. The molecule has 1 aromatic heterocycles. The van der Waals surface area contributed by atoms with E-state index < -0.39 is 0 Å². The molecule has 114 valence electrons. The Balaban J connectivity index is 1.61. The van der Waals surface area contributed by atoms with E-state index >= 15 is 0 Å². The Morgan fingerprint density at radius 2 is 2.24 bits per heavy atom. The van der Waals surface area contributed by atoms with Crippen LogP contribution < -0.4 is 5.32 Å². The third-order valence-corrected chi connectivity index (χ3v) is 5.07. The molecule has 1 saturated heterocycles. The summed E-state index contributed by atoms with van der Waals surface area (Å²) >= 11 is 0. The molecular weight excluding hydrogens is 264 g/mol. The molecule has 1 aliphatic carbocycles. The topological polar surface area (TPSA) is 51.2 Å². The Hall–Kier alpha value is -1.42. The molecular formula is C17H24N2O2. The van der Waals surface area contributed by atoms with Crippen LogP contribution >= 0.6 is 0 Å². The summed E-state index contributed by atoms with van der Waals surface area (Å²) in [7, 11) is 0. The first kappa shape index (κ1) is 14.5. The van der Waals surface area contributed by atoms with Crippen molar-refractivity contribution in [2.75, 3.05) is 13.2 Å². The molecule has 2 aliphatic rings. The fraction of sp³-hybridized carbons (Fsp3) is 0.647. The van der Waals surface area contributed by atoms with Crippen LogP contribution in [0.5, 0.6) is 0 Å². The number of hydrogen-bond acceptors (Lipinski definition) is 3. The SMILES string of the molecule is Cc1cnccc1C(=O)NCC1(C)CCOC2(CCC2)C1. The van der Waals surface area contributed by atoms with E-state index in [1.165, 1.54) is 19.3 Å². The molecule has 2 fully saturated rings. The molecule has 4 nitrogen and oxygen atoms in total. The van der Waals surface area contributed by atoms with Gasteiger partial charge in [0.2, 0.25) is 0 Å². The van der Waals surface area contributed by atoms with Crippen LogP contribution in [0.25, 0.3) is 0 Å². The first-order chi connectivity index (χ1) is 10.0. The van der Waals surface area contributed by atoms with Gasteiger partial charge < -0.3 is 10.1 Å². The molecule has 1 unspecified atom stereocenters. The van der Waals surface area contributed by atoms with Crippen molar-refractivity contribution < 1.29 is 9.53 Å². The number of carbonyl (C=O) groups excluding carboxylic acids is 1. The minimum Gasteiger partial charge on any atom is -0.375 e. The van der Waals surface area contributed by atoms with Crippen molar-refractivity contribution in [3.05, 3.63) is 29.6 Å². The monoisotopic (exact) mass is 288 g/mol. The van der Waals surface area contributed by atoms with E-state index in [-0.39, 0.29) is 16.9 Å². The van der Waals surface area contributed by atoms with Gasteiger partial charge in [0, 0.05) is 31.1 Å². The van der Waals surface area contributed by atoms with Crippen molar-refractivity contribution in [2.24, 2.45) is 5.41 Å². The lowest BCUT2D eigenvalue weighted by molar-refractivity contribution is -0.162. The van der Waals surface area contributed by atoms with Gasteiger partial charge in [-0.1, -0.05) is 6.92 Å². The van der Waals surface area contributed by atoms with Crippen LogP contribution in [-0.4, -0.2) is 29.6 Å². The van der Waals surface area contributed by atoms with Crippen LogP contribution in [0.15, 0.2) is 18.5 Å². The van der Waals surface area contributed by atoms with Crippen LogP contribution in [0, 0.1) is 12.3 Å². The fourth-order valence-electron chi connectivity index (χ4n) is 3.59. The second kappa shape index (κ2) is 5.41. The van der Waals surface area contributed by atoms with Crippen molar-refractivity contribution >= 4 is 5.91 Å². The van der Waals surface area contributed by atoms with Gasteiger partial charge >= 0.3 is 0 Å². The number of rotatable bonds is 3. The Labute approximate surface area is 126 Å². The van der Waals surface area contributed by atoms with Gasteiger partial charge in [0.05, 0.1) is 5.60 Å². The van der Waals surface area contributed by atoms with Crippen molar-refractivity contribution in [2.45, 2.75) is 51.6 Å². The molecule has 1 N–H and O–H groups in total. The minimum absolute atomic E-state index is 0.00489. The van der Waals surface area contributed by atoms with E-state index in [4.69, 9.17) is 4.74 Å². The Morgan fingerprint density at radius 3 is 2.90 bits per heavy atom. The summed E-state index contributed by atoms with van der Waals surface area (Å²) in [6.07, 6.45) is 9.12. The molecule has 1 amide bonds. The van der Waals surface area contributed by atoms with Crippen LogP contribution in [-0.2, 0) is 4.74 Å². The summed E-state index contributed by atoms with van der Waals surface area (Å²) in [6, 6.07) is 1.78. The standard InChI is InChI=1S/C17H24N2O2/c1-13-10-18-8-4-14(13)15(20)19-12-16(2)7-9-21-17(11-16)5-3-6-17/h4,8,10H,3,5-7,9,11-12H2,1-2H3,(H,19,20). The number of ether oxygens (including phenoxy) is 1. The molecule has 0 bridgehead atoms. The molecule has 1 aliphatic heterocycles. The van der Waals surface area contributed by atoms with E-state index in [2.05, 4.69) is 17.2 Å². The molecule has 4 heteroatoms. The highest BCUT2D eigenvalue weighted by atomic mass is 16.5. The Kier molecular flexibility index (Phi) is 3.74. The average Bonchev–Trinajstić information content (AvgIpc) is 2.44. The number of hydrogen-bond donors (Lipinski definition) is 1. The summed E-state index contributed by atoms with van der Waals surface area (Å²) in [5.74, 6) is 0.00489.